The Kier molecular flexibility index (Phi) is 11.3. The van der Waals surface area contributed by atoms with Crippen molar-refractivity contribution in [2.45, 2.75) is 51.5 Å². The summed E-state index contributed by atoms with van der Waals surface area (Å²) in [5, 5.41) is 7.82. The topological polar surface area (TPSA) is 138 Å². The summed E-state index contributed by atoms with van der Waals surface area (Å²) in [4.78, 5) is 57.5. The van der Waals surface area contributed by atoms with Gasteiger partial charge in [-0.3, -0.25) is 19.1 Å². The summed E-state index contributed by atoms with van der Waals surface area (Å²) in [6, 6.07) is 32.0. The summed E-state index contributed by atoms with van der Waals surface area (Å²) in [6.45, 7) is 5.97. The predicted molar refractivity (Wildman–Crippen MR) is 195 cm³/mol. The molecule has 1 aromatic heterocycles. The van der Waals surface area contributed by atoms with E-state index in [2.05, 4.69) is 10.4 Å². The second kappa shape index (κ2) is 16.4. The quantitative estimate of drug-likeness (QED) is 0.0750. The van der Waals surface area contributed by atoms with E-state index in [1.807, 2.05) is 99.8 Å². The number of hydroxylamine groups is 2. The van der Waals surface area contributed by atoms with Crippen LogP contribution in [0, 0.1) is 0 Å². The first kappa shape index (κ1) is 36.5. The van der Waals surface area contributed by atoms with Gasteiger partial charge in [-0.1, -0.05) is 84.9 Å². The van der Waals surface area contributed by atoms with Crippen molar-refractivity contribution in [3.05, 3.63) is 144 Å². The van der Waals surface area contributed by atoms with Gasteiger partial charge in [-0.05, 0) is 68.1 Å². The highest BCUT2D eigenvalue weighted by Crippen LogP contribution is 2.29. The third kappa shape index (κ3) is 9.35. The first-order chi connectivity index (χ1) is 25.6. The van der Waals surface area contributed by atoms with Crippen molar-refractivity contribution in [2.75, 3.05) is 13.2 Å². The Hall–Kier alpha value is -6.27. The van der Waals surface area contributed by atoms with Gasteiger partial charge < -0.3 is 19.5 Å². The maximum atomic E-state index is 13.9. The smallest absolute Gasteiger partial charge is 0.407 e. The van der Waals surface area contributed by atoms with Gasteiger partial charge in [0.05, 0.1) is 17.3 Å². The molecule has 1 aliphatic rings. The van der Waals surface area contributed by atoms with Crippen LogP contribution in [0.1, 0.15) is 65.1 Å². The number of imide groups is 1. The summed E-state index contributed by atoms with van der Waals surface area (Å²) in [5.74, 6) is -1.69. The van der Waals surface area contributed by atoms with Gasteiger partial charge in [-0.15, -0.1) is 5.06 Å². The van der Waals surface area contributed by atoms with Gasteiger partial charge in [0.15, 0.2) is 6.10 Å². The number of benzene rings is 4. The minimum absolute atomic E-state index is 0.210. The number of ether oxygens (including phenoxy) is 3. The molecule has 0 saturated heterocycles. The lowest BCUT2D eigenvalue weighted by molar-refractivity contribution is -0.167. The van der Waals surface area contributed by atoms with Gasteiger partial charge in [-0.25, -0.2) is 9.59 Å². The van der Waals surface area contributed by atoms with Crippen LogP contribution < -0.4 is 10.1 Å². The van der Waals surface area contributed by atoms with E-state index in [9.17, 15) is 19.2 Å². The summed E-state index contributed by atoms with van der Waals surface area (Å²) >= 11 is 0. The number of esters is 1. The largest absolute Gasteiger partial charge is 0.476 e. The Labute approximate surface area is 307 Å². The number of aryl methyl sites for hydroxylation is 1. The molecule has 1 atom stereocenters. The molecule has 272 valence electrons. The highest BCUT2D eigenvalue weighted by Gasteiger charge is 2.38. The van der Waals surface area contributed by atoms with Crippen molar-refractivity contribution in [2.24, 2.45) is 0 Å². The summed E-state index contributed by atoms with van der Waals surface area (Å²) in [7, 11) is 0. The van der Waals surface area contributed by atoms with Crippen LogP contribution in [0.5, 0.6) is 5.75 Å². The van der Waals surface area contributed by atoms with Gasteiger partial charge in [0.25, 0.3) is 11.8 Å². The molecule has 2 heterocycles. The van der Waals surface area contributed by atoms with Crippen molar-refractivity contribution in [1.82, 2.24) is 20.2 Å². The lowest BCUT2D eigenvalue weighted by Crippen LogP contribution is -2.40. The Balaban J connectivity index is 1.15. The van der Waals surface area contributed by atoms with Crippen molar-refractivity contribution < 1.29 is 38.2 Å². The number of nitrogens with one attached hydrogen (secondary N) is 1. The molecule has 0 radical (unpaired) electrons. The molecule has 0 bridgehead atoms. The number of aromatic nitrogens is 2. The molecule has 0 spiro atoms. The molecule has 4 aromatic carbocycles. The molecule has 6 rings (SSSR count). The van der Waals surface area contributed by atoms with E-state index in [1.54, 1.807) is 47.3 Å². The van der Waals surface area contributed by atoms with Gasteiger partial charge in [0.1, 0.15) is 18.0 Å². The van der Waals surface area contributed by atoms with Crippen molar-refractivity contribution in [1.29, 1.82) is 0 Å². The monoisotopic (exact) mass is 716 g/mol. The van der Waals surface area contributed by atoms with E-state index in [0.717, 1.165) is 22.3 Å². The fraction of sp³-hybridized carbons (Fsp3) is 0.244. The second-order valence-electron chi connectivity index (χ2n) is 13.3. The Morgan fingerprint density at radius 1 is 0.774 bits per heavy atom. The number of hydrogen-bond acceptors (Lipinski definition) is 9. The molecule has 12 nitrogen and oxygen atoms in total. The lowest BCUT2D eigenvalue weighted by atomic mass is 10.0. The Bertz CT molecular complexity index is 1970. The number of carbonyl (C=O) groups excluding carboxylic acids is 4. The zero-order valence-corrected chi connectivity index (χ0v) is 29.6. The molecule has 0 fully saturated rings. The summed E-state index contributed by atoms with van der Waals surface area (Å²) in [5.41, 5.74) is 3.06. The minimum atomic E-state index is -1.36. The maximum Gasteiger partial charge on any atom is 0.407 e. The SMILES string of the molecule is CC(C)(C)OC(=O)NCCCn1cc(-c2ccc(OC(CON3C(=O)c4ccccc4C3=O)C(=O)OC(c3ccccc3)c3ccccc3)cc2)cn1. The van der Waals surface area contributed by atoms with Crippen LogP contribution >= 0.6 is 0 Å². The predicted octanol–water partition coefficient (Wildman–Crippen LogP) is 6.77. The van der Waals surface area contributed by atoms with Crippen molar-refractivity contribution >= 4 is 23.9 Å². The number of nitrogens with zero attached hydrogens (tertiary/aromatic N) is 3. The van der Waals surface area contributed by atoms with Gasteiger partial charge in [-0.2, -0.15) is 5.10 Å². The molecule has 3 amide bonds. The Morgan fingerprint density at radius 2 is 1.36 bits per heavy atom. The fourth-order valence-electron chi connectivity index (χ4n) is 5.62. The molecular formula is C41H40N4O8. The Morgan fingerprint density at radius 3 is 1.94 bits per heavy atom. The van der Waals surface area contributed by atoms with E-state index in [0.29, 0.717) is 30.3 Å². The molecule has 0 saturated carbocycles. The zero-order valence-electron chi connectivity index (χ0n) is 29.6. The lowest BCUT2D eigenvalue weighted by Gasteiger charge is -2.24. The zero-order chi connectivity index (χ0) is 37.4. The van der Waals surface area contributed by atoms with Crippen molar-refractivity contribution in [3.8, 4) is 16.9 Å². The van der Waals surface area contributed by atoms with E-state index >= 15 is 0 Å². The number of hydrogen-bond donors (Lipinski definition) is 1. The fourth-order valence-corrected chi connectivity index (χ4v) is 5.62. The molecule has 0 aliphatic carbocycles. The highest BCUT2D eigenvalue weighted by molar-refractivity contribution is 6.20. The number of amides is 3. The van der Waals surface area contributed by atoms with Crippen LogP contribution in [-0.2, 0) is 25.7 Å². The van der Waals surface area contributed by atoms with Crippen LogP contribution in [0.2, 0.25) is 0 Å². The van der Waals surface area contributed by atoms with E-state index in [-0.39, 0.29) is 11.1 Å². The van der Waals surface area contributed by atoms with E-state index in [4.69, 9.17) is 19.0 Å². The van der Waals surface area contributed by atoms with Crippen LogP contribution in [0.4, 0.5) is 4.79 Å². The average molecular weight is 717 g/mol. The third-order valence-corrected chi connectivity index (χ3v) is 8.14. The standard InChI is InChI=1S/C41H40N4O8/c1-41(2,3)53-40(49)42-23-12-24-44-26-31(25-43-44)28-19-21-32(22-20-28)51-35(27-50-45-37(46)33-17-10-11-18-34(33)38(45)47)39(48)52-36(29-13-6-4-7-14-29)30-15-8-5-9-16-30/h4-11,13-22,25-26,35-36H,12,23-24,27H2,1-3H3,(H,42,49). The average Bonchev–Trinajstić information content (AvgIpc) is 3.73. The molecular weight excluding hydrogens is 676 g/mol. The first-order valence-corrected chi connectivity index (χ1v) is 17.2. The third-order valence-electron chi connectivity index (χ3n) is 8.14. The molecule has 1 aliphatic heterocycles. The second-order valence-corrected chi connectivity index (χ2v) is 13.3. The van der Waals surface area contributed by atoms with Crippen LogP contribution in [0.25, 0.3) is 11.1 Å². The van der Waals surface area contributed by atoms with E-state index < -0.39 is 48.3 Å². The first-order valence-electron chi connectivity index (χ1n) is 17.2. The van der Waals surface area contributed by atoms with Crippen LogP contribution in [0.15, 0.2) is 122 Å². The van der Waals surface area contributed by atoms with Crippen LogP contribution in [-0.4, -0.2) is 63.6 Å². The number of alkyl carbamates (subject to hydrolysis) is 1. The van der Waals surface area contributed by atoms with Gasteiger partial charge in [0.2, 0.25) is 6.10 Å². The number of fused-ring (bicyclic) bond motifs is 1. The molecule has 1 N–H and O–H groups in total. The number of carbonyl (C=O) groups is 4. The number of rotatable bonds is 14. The summed E-state index contributed by atoms with van der Waals surface area (Å²) < 4.78 is 19.3. The highest BCUT2D eigenvalue weighted by atomic mass is 16.7. The molecule has 12 heteroatoms. The van der Waals surface area contributed by atoms with E-state index in [1.165, 1.54) is 0 Å². The van der Waals surface area contributed by atoms with Gasteiger partial charge in [0, 0.05) is 24.8 Å². The molecule has 53 heavy (non-hydrogen) atoms. The minimum Gasteiger partial charge on any atom is -0.476 e. The van der Waals surface area contributed by atoms with Crippen LogP contribution in [0.3, 0.4) is 0 Å². The molecule has 5 aromatic rings. The molecule has 1 unspecified atom stereocenters. The normalized spacial score (nSPS) is 13.1. The van der Waals surface area contributed by atoms with Gasteiger partial charge >= 0.3 is 12.1 Å². The maximum absolute atomic E-state index is 13.9. The van der Waals surface area contributed by atoms with Crippen molar-refractivity contribution in [3.63, 3.8) is 0 Å². The summed E-state index contributed by atoms with van der Waals surface area (Å²) in [6.07, 6.45) is 1.70.